The first kappa shape index (κ1) is 14.8. The van der Waals surface area contributed by atoms with E-state index in [9.17, 15) is 43.9 Å². The van der Waals surface area contributed by atoms with Gasteiger partial charge in [-0.05, 0) is 0 Å². The van der Waals surface area contributed by atoms with Crippen LogP contribution in [0.25, 0.3) is 0 Å². The summed E-state index contributed by atoms with van der Waals surface area (Å²) in [5.41, 5.74) is -4.06. The summed E-state index contributed by atoms with van der Waals surface area (Å²) in [6, 6.07) is 0. The molecular weight excluding hydrogens is 262 g/mol. The Kier molecular flexibility index (Phi) is 3.71. The summed E-state index contributed by atoms with van der Waals surface area (Å²) >= 11 is 0. The van der Waals surface area contributed by atoms with Crippen molar-refractivity contribution in [1.29, 1.82) is 0 Å². The molecule has 0 radical (unpaired) electrons. The standard InChI is InChI=1S/C6F10/c7-3(6(14,15)16)1-2(4(8,9)10)5(11,12)13. The number of allylic oxidation sites excluding steroid dienone is 1. The molecule has 0 aliphatic rings. The SMILES string of the molecule is FC(=C=C(C(F)(F)F)C(F)(F)F)C(F)(F)F. The molecule has 0 nitrogen and oxygen atoms in total. The molecule has 10 heteroatoms. The van der Waals surface area contributed by atoms with Gasteiger partial charge in [-0.15, -0.1) is 0 Å². The zero-order valence-corrected chi connectivity index (χ0v) is 6.78. The molecular formula is C6F10. The van der Waals surface area contributed by atoms with Gasteiger partial charge in [-0.2, -0.15) is 43.9 Å². The van der Waals surface area contributed by atoms with Crippen molar-refractivity contribution in [2.75, 3.05) is 0 Å². The van der Waals surface area contributed by atoms with Crippen molar-refractivity contribution < 1.29 is 43.9 Å². The molecule has 94 valence electrons. The van der Waals surface area contributed by atoms with E-state index in [4.69, 9.17) is 0 Å². The number of hydrogen-bond donors (Lipinski definition) is 0. The Morgan fingerprint density at radius 3 is 1.12 bits per heavy atom. The third-order valence-electron chi connectivity index (χ3n) is 1.05. The van der Waals surface area contributed by atoms with E-state index in [1.165, 1.54) is 0 Å². The maximum Gasteiger partial charge on any atom is 0.450 e. The smallest absolute Gasteiger partial charge is 0.192 e. The van der Waals surface area contributed by atoms with Crippen molar-refractivity contribution in [2.24, 2.45) is 0 Å². The van der Waals surface area contributed by atoms with Gasteiger partial charge < -0.3 is 0 Å². The van der Waals surface area contributed by atoms with E-state index in [0.29, 0.717) is 0 Å². The Balaban J connectivity index is 5.84. The highest BCUT2D eigenvalue weighted by Gasteiger charge is 2.52. The van der Waals surface area contributed by atoms with Gasteiger partial charge in [0.05, 0.1) is 0 Å². The largest absolute Gasteiger partial charge is 0.450 e. The molecule has 0 aromatic rings. The maximum atomic E-state index is 11.9. The van der Waals surface area contributed by atoms with Crippen LogP contribution < -0.4 is 0 Å². The summed E-state index contributed by atoms with van der Waals surface area (Å²) in [5.74, 6) is -3.60. The molecule has 0 unspecified atom stereocenters. The Morgan fingerprint density at radius 1 is 0.625 bits per heavy atom. The van der Waals surface area contributed by atoms with E-state index in [1.807, 2.05) is 0 Å². The molecule has 0 rings (SSSR count). The minimum Gasteiger partial charge on any atom is -0.192 e. The van der Waals surface area contributed by atoms with Gasteiger partial charge in [0.2, 0.25) is 5.83 Å². The van der Waals surface area contributed by atoms with Crippen molar-refractivity contribution in [1.82, 2.24) is 0 Å². The second kappa shape index (κ2) is 4.00. The molecule has 0 aromatic carbocycles. The molecule has 16 heavy (non-hydrogen) atoms. The van der Waals surface area contributed by atoms with Crippen LogP contribution in [0.1, 0.15) is 0 Å². The highest BCUT2D eigenvalue weighted by Crippen LogP contribution is 2.39. The first-order valence-electron chi connectivity index (χ1n) is 3.14. The minimum absolute atomic E-state index is 0.372. The minimum atomic E-state index is -6.18. The van der Waals surface area contributed by atoms with Gasteiger partial charge in [0.15, 0.2) is 5.57 Å². The predicted octanol–water partition coefficient (Wildman–Crippen LogP) is 4.05. The van der Waals surface area contributed by atoms with Crippen LogP contribution in [0.15, 0.2) is 17.1 Å². The quantitative estimate of drug-likeness (QED) is 0.456. The molecule has 0 atom stereocenters. The van der Waals surface area contributed by atoms with Gasteiger partial charge in [-0.1, -0.05) is 5.73 Å². The first-order chi connectivity index (χ1) is 6.76. The zero-order chi connectivity index (χ0) is 13.4. The second-order valence-electron chi connectivity index (χ2n) is 2.31. The number of alkyl halides is 9. The summed E-state index contributed by atoms with van der Waals surface area (Å²) < 4.78 is 116. The van der Waals surface area contributed by atoms with Crippen LogP contribution in [0, 0.1) is 0 Å². The predicted molar refractivity (Wildman–Crippen MR) is 29.8 cm³/mol. The molecule has 0 aromatic heterocycles. The molecule has 0 amide bonds. The van der Waals surface area contributed by atoms with Crippen molar-refractivity contribution in [3.05, 3.63) is 17.1 Å². The lowest BCUT2D eigenvalue weighted by molar-refractivity contribution is -0.172. The summed E-state index contributed by atoms with van der Waals surface area (Å²) in [7, 11) is 0. The average molecular weight is 262 g/mol. The Labute approximate surface area is 80.8 Å². The van der Waals surface area contributed by atoms with Gasteiger partial charge in [-0.3, -0.25) is 0 Å². The highest BCUT2D eigenvalue weighted by molar-refractivity contribution is 5.17. The topological polar surface area (TPSA) is 0 Å². The fraction of sp³-hybridized carbons (Fsp3) is 0.500. The highest BCUT2D eigenvalue weighted by atomic mass is 19.4. The van der Waals surface area contributed by atoms with E-state index in [1.54, 1.807) is 0 Å². The summed E-state index contributed by atoms with van der Waals surface area (Å²) in [6.07, 6.45) is -18.3. The van der Waals surface area contributed by atoms with Crippen LogP contribution >= 0.6 is 0 Å². The summed E-state index contributed by atoms with van der Waals surface area (Å²) in [5, 5.41) is 0. The molecule has 0 aliphatic heterocycles. The molecule has 0 aliphatic carbocycles. The molecule has 0 bridgehead atoms. The lowest BCUT2D eigenvalue weighted by atomic mass is 10.2. The van der Waals surface area contributed by atoms with Gasteiger partial charge in [-0.25, -0.2) is 0 Å². The third-order valence-corrected chi connectivity index (χ3v) is 1.05. The van der Waals surface area contributed by atoms with E-state index in [0.717, 1.165) is 0 Å². The fourth-order valence-corrected chi connectivity index (χ4v) is 0.483. The lowest BCUT2D eigenvalue weighted by Crippen LogP contribution is -2.26. The molecule has 0 saturated carbocycles. The van der Waals surface area contributed by atoms with Gasteiger partial charge in [0.25, 0.3) is 0 Å². The molecule has 0 saturated heterocycles. The van der Waals surface area contributed by atoms with Crippen LogP contribution in [0.4, 0.5) is 43.9 Å². The lowest BCUT2D eigenvalue weighted by Gasteiger charge is -2.12. The van der Waals surface area contributed by atoms with Crippen molar-refractivity contribution in [2.45, 2.75) is 18.5 Å². The fourth-order valence-electron chi connectivity index (χ4n) is 0.483. The first-order valence-corrected chi connectivity index (χ1v) is 3.14. The average Bonchev–Trinajstić information content (AvgIpc) is 1.92. The van der Waals surface area contributed by atoms with Crippen molar-refractivity contribution in [3.63, 3.8) is 0 Å². The number of hydrogen-bond acceptors (Lipinski definition) is 0. The van der Waals surface area contributed by atoms with E-state index in [2.05, 4.69) is 0 Å². The molecule has 0 fully saturated rings. The Bertz CT molecular complexity index is 301. The van der Waals surface area contributed by atoms with E-state index < -0.39 is 29.9 Å². The maximum absolute atomic E-state index is 11.9. The normalized spacial score (nSPS) is 13.4. The number of halogens is 10. The van der Waals surface area contributed by atoms with Gasteiger partial charge in [0, 0.05) is 0 Å². The van der Waals surface area contributed by atoms with E-state index in [-0.39, 0.29) is 5.73 Å². The summed E-state index contributed by atoms with van der Waals surface area (Å²) in [4.78, 5) is 0. The van der Waals surface area contributed by atoms with Gasteiger partial charge >= 0.3 is 18.5 Å². The van der Waals surface area contributed by atoms with E-state index >= 15 is 0 Å². The van der Waals surface area contributed by atoms with Crippen molar-refractivity contribution >= 4 is 0 Å². The van der Waals surface area contributed by atoms with Crippen LogP contribution in [0.3, 0.4) is 0 Å². The van der Waals surface area contributed by atoms with Crippen LogP contribution in [-0.4, -0.2) is 18.5 Å². The second-order valence-corrected chi connectivity index (χ2v) is 2.31. The molecule has 0 N–H and O–H groups in total. The monoisotopic (exact) mass is 262 g/mol. The van der Waals surface area contributed by atoms with Crippen LogP contribution in [-0.2, 0) is 0 Å². The van der Waals surface area contributed by atoms with Gasteiger partial charge in [0.1, 0.15) is 0 Å². The Hall–Kier alpha value is -1.18. The van der Waals surface area contributed by atoms with Crippen LogP contribution in [0.5, 0.6) is 0 Å². The third kappa shape index (κ3) is 4.13. The number of rotatable bonds is 0. The molecule has 0 spiro atoms. The van der Waals surface area contributed by atoms with Crippen molar-refractivity contribution in [3.8, 4) is 0 Å². The summed E-state index contributed by atoms with van der Waals surface area (Å²) in [6.45, 7) is 0. The zero-order valence-electron chi connectivity index (χ0n) is 6.78. The Morgan fingerprint density at radius 2 is 0.938 bits per heavy atom. The molecule has 0 heterocycles. The van der Waals surface area contributed by atoms with Crippen LogP contribution in [0.2, 0.25) is 0 Å².